The second kappa shape index (κ2) is 8.64. The molecule has 2 aliphatic rings. The molecule has 0 aromatic heterocycles. The molecule has 7 nitrogen and oxygen atoms in total. The number of anilines is 1. The van der Waals surface area contributed by atoms with Crippen molar-refractivity contribution in [3.8, 4) is 17.2 Å². The summed E-state index contributed by atoms with van der Waals surface area (Å²) in [5.41, 5.74) is 2.97. The van der Waals surface area contributed by atoms with Crippen LogP contribution in [0.2, 0.25) is 0 Å². The van der Waals surface area contributed by atoms with Crippen LogP contribution in [-0.4, -0.2) is 53.7 Å². The lowest BCUT2D eigenvalue weighted by molar-refractivity contribution is -0.125. The van der Waals surface area contributed by atoms with Gasteiger partial charge in [-0.05, 0) is 54.7 Å². The Bertz CT molecular complexity index is 1030. The van der Waals surface area contributed by atoms with E-state index >= 15 is 0 Å². The molecule has 160 valence electrons. The topological polar surface area (TPSA) is 96.7 Å². The molecule has 0 unspecified atom stereocenters. The molecule has 0 bridgehead atoms. The number of hydrogen-bond acceptors (Lipinski definition) is 4. The van der Waals surface area contributed by atoms with Crippen molar-refractivity contribution in [3.63, 3.8) is 0 Å². The Labute approximate surface area is 179 Å². The van der Waals surface area contributed by atoms with Crippen LogP contribution in [0, 0.1) is 17.1 Å². The number of carbonyl (C=O) groups is 2. The number of likely N-dealkylation sites (tertiary alicyclic amines) is 1. The zero-order chi connectivity index (χ0) is 22.0. The van der Waals surface area contributed by atoms with E-state index in [0.717, 1.165) is 23.2 Å². The Kier molecular flexibility index (Phi) is 5.76. The minimum absolute atomic E-state index is 0.105. The summed E-state index contributed by atoms with van der Waals surface area (Å²) in [4.78, 5) is 27.1. The van der Waals surface area contributed by atoms with Crippen LogP contribution in [-0.2, 0) is 4.79 Å². The molecule has 2 saturated heterocycles. The fourth-order valence-corrected chi connectivity index (χ4v) is 4.39. The van der Waals surface area contributed by atoms with Crippen molar-refractivity contribution in [2.45, 2.75) is 31.3 Å². The first-order chi connectivity index (χ1) is 15.0. The van der Waals surface area contributed by atoms with Gasteiger partial charge in [0.15, 0.2) is 0 Å². The molecule has 2 aliphatic heterocycles. The average Bonchev–Trinajstić information content (AvgIpc) is 3.44. The molecule has 2 aromatic rings. The second-order valence-corrected chi connectivity index (χ2v) is 7.92. The van der Waals surface area contributed by atoms with Crippen LogP contribution in [0.5, 0.6) is 0 Å². The molecule has 8 heteroatoms. The van der Waals surface area contributed by atoms with Crippen LogP contribution in [0.15, 0.2) is 42.5 Å². The van der Waals surface area contributed by atoms with Crippen LogP contribution in [0.1, 0.15) is 24.8 Å². The summed E-state index contributed by atoms with van der Waals surface area (Å²) in [5.74, 6) is -0.561. The summed E-state index contributed by atoms with van der Waals surface area (Å²) in [6.45, 7) is 1.62. The third-order valence-corrected chi connectivity index (χ3v) is 5.97. The molecule has 0 saturated carbocycles. The molecule has 2 amide bonds. The number of halogens is 1. The molecular weight excluding hydrogens is 399 g/mol. The maximum Gasteiger partial charge on any atom is 0.407 e. The van der Waals surface area contributed by atoms with E-state index in [1.165, 1.54) is 17.0 Å². The summed E-state index contributed by atoms with van der Waals surface area (Å²) in [6.07, 6.45) is 0.881. The highest BCUT2D eigenvalue weighted by molar-refractivity contribution is 5.86. The molecule has 2 fully saturated rings. The van der Waals surface area contributed by atoms with Crippen LogP contribution >= 0.6 is 0 Å². The molecule has 0 spiro atoms. The predicted molar refractivity (Wildman–Crippen MR) is 113 cm³/mol. The maximum atomic E-state index is 13.2. The fraction of sp³-hybridized carbons (Fsp3) is 0.348. The van der Waals surface area contributed by atoms with Gasteiger partial charge in [-0.2, -0.15) is 5.26 Å². The van der Waals surface area contributed by atoms with Gasteiger partial charge < -0.3 is 15.3 Å². The van der Waals surface area contributed by atoms with E-state index < -0.39 is 12.1 Å². The second-order valence-electron chi connectivity index (χ2n) is 7.92. The zero-order valence-corrected chi connectivity index (χ0v) is 16.9. The van der Waals surface area contributed by atoms with E-state index in [2.05, 4.69) is 16.3 Å². The molecule has 2 atom stereocenters. The number of nitrogens with zero attached hydrogens (tertiary/aromatic N) is 3. The Balaban J connectivity index is 1.44. The smallest absolute Gasteiger partial charge is 0.407 e. The van der Waals surface area contributed by atoms with E-state index in [9.17, 15) is 24.3 Å². The highest BCUT2D eigenvalue weighted by atomic mass is 19.1. The number of benzene rings is 2. The third kappa shape index (κ3) is 4.31. The Morgan fingerprint density at radius 2 is 1.84 bits per heavy atom. The fourth-order valence-electron chi connectivity index (χ4n) is 4.39. The number of amides is 2. The first kappa shape index (κ1) is 20.7. The first-order valence-electron chi connectivity index (χ1n) is 10.3. The molecule has 4 rings (SSSR count). The molecule has 2 heterocycles. The standard InChI is InChI=1S/C23H23FN4O3/c24-18-6-3-15(4-7-18)16-5-8-20(17(12-16)13-25)27-11-9-19(14-27)26-22(29)21-2-1-10-28(21)23(30)31/h3-8,12,19,21H,1-2,9-11,14H2,(H,26,29)(H,30,31)/t19-,21-/m0/s1. The van der Waals surface area contributed by atoms with E-state index in [1.54, 1.807) is 18.2 Å². The van der Waals surface area contributed by atoms with Crippen LogP contribution < -0.4 is 10.2 Å². The first-order valence-corrected chi connectivity index (χ1v) is 10.3. The summed E-state index contributed by atoms with van der Waals surface area (Å²) < 4.78 is 13.2. The van der Waals surface area contributed by atoms with Gasteiger partial charge in [-0.3, -0.25) is 9.69 Å². The Hall–Kier alpha value is -3.60. The van der Waals surface area contributed by atoms with Gasteiger partial charge in [-0.1, -0.05) is 18.2 Å². The van der Waals surface area contributed by atoms with Crippen molar-refractivity contribution in [2.24, 2.45) is 0 Å². The monoisotopic (exact) mass is 422 g/mol. The van der Waals surface area contributed by atoms with Crippen molar-refractivity contribution < 1.29 is 19.1 Å². The lowest BCUT2D eigenvalue weighted by atomic mass is 10.0. The lowest BCUT2D eigenvalue weighted by Crippen LogP contribution is -2.49. The van der Waals surface area contributed by atoms with E-state index in [4.69, 9.17) is 0 Å². The van der Waals surface area contributed by atoms with Gasteiger partial charge in [0, 0.05) is 25.7 Å². The number of hydrogen-bond donors (Lipinski definition) is 2. The van der Waals surface area contributed by atoms with Crippen molar-refractivity contribution in [2.75, 3.05) is 24.5 Å². The van der Waals surface area contributed by atoms with Crippen molar-refractivity contribution in [1.82, 2.24) is 10.2 Å². The Morgan fingerprint density at radius 1 is 1.10 bits per heavy atom. The van der Waals surface area contributed by atoms with Crippen LogP contribution in [0.3, 0.4) is 0 Å². The minimum atomic E-state index is -1.06. The summed E-state index contributed by atoms with van der Waals surface area (Å²) in [5, 5.41) is 21.9. The van der Waals surface area contributed by atoms with E-state index in [1.807, 2.05) is 12.1 Å². The molecule has 2 aromatic carbocycles. The highest BCUT2D eigenvalue weighted by Crippen LogP contribution is 2.30. The maximum absolute atomic E-state index is 13.2. The number of rotatable bonds is 4. The molecule has 2 N–H and O–H groups in total. The highest BCUT2D eigenvalue weighted by Gasteiger charge is 2.36. The molecule has 0 radical (unpaired) electrons. The van der Waals surface area contributed by atoms with Gasteiger partial charge in [0.2, 0.25) is 5.91 Å². The number of carboxylic acid groups (broad SMARTS) is 1. The summed E-state index contributed by atoms with van der Waals surface area (Å²) >= 11 is 0. The third-order valence-electron chi connectivity index (χ3n) is 5.97. The van der Waals surface area contributed by atoms with Crippen LogP contribution in [0.25, 0.3) is 11.1 Å². The lowest BCUT2D eigenvalue weighted by Gasteiger charge is -2.24. The summed E-state index contributed by atoms with van der Waals surface area (Å²) in [6, 6.07) is 13.2. The number of nitrogens with one attached hydrogen (secondary N) is 1. The normalized spacial score (nSPS) is 20.5. The summed E-state index contributed by atoms with van der Waals surface area (Å²) in [7, 11) is 0. The van der Waals surface area contributed by atoms with Crippen molar-refractivity contribution >= 4 is 17.7 Å². The minimum Gasteiger partial charge on any atom is -0.465 e. The quantitative estimate of drug-likeness (QED) is 0.789. The largest absolute Gasteiger partial charge is 0.465 e. The van der Waals surface area contributed by atoms with Crippen LogP contribution in [0.4, 0.5) is 14.9 Å². The molecular formula is C23H23FN4O3. The van der Waals surface area contributed by atoms with Crippen molar-refractivity contribution in [1.29, 1.82) is 5.26 Å². The number of carbonyl (C=O) groups excluding carboxylic acids is 1. The predicted octanol–water partition coefficient (Wildman–Crippen LogP) is 3.20. The molecule has 0 aliphatic carbocycles. The number of nitriles is 1. The zero-order valence-electron chi connectivity index (χ0n) is 16.9. The van der Waals surface area contributed by atoms with E-state index in [0.29, 0.717) is 38.0 Å². The van der Waals surface area contributed by atoms with Gasteiger partial charge in [0.05, 0.1) is 11.3 Å². The average molecular weight is 422 g/mol. The Morgan fingerprint density at radius 3 is 2.55 bits per heavy atom. The van der Waals surface area contributed by atoms with E-state index in [-0.39, 0.29) is 17.8 Å². The van der Waals surface area contributed by atoms with Crippen molar-refractivity contribution in [3.05, 3.63) is 53.8 Å². The molecule has 31 heavy (non-hydrogen) atoms. The van der Waals surface area contributed by atoms with Gasteiger partial charge in [0.1, 0.15) is 17.9 Å². The van der Waals surface area contributed by atoms with Gasteiger partial charge in [-0.15, -0.1) is 0 Å². The van der Waals surface area contributed by atoms with Gasteiger partial charge in [-0.25, -0.2) is 9.18 Å². The SMILES string of the molecule is N#Cc1cc(-c2ccc(F)cc2)ccc1N1CC[C@H](NC(=O)[C@@H]2CCCN2C(=O)O)C1. The van der Waals surface area contributed by atoms with Gasteiger partial charge in [0.25, 0.3) is 0 Å². The van der Waals surface area contributed by atoms with Gasteiger partial charge >= 0.3 is 6.09 Å².